The van der Waals surface area contributed by atoms with Gasteiger partial charge in [-0.2, -0.15) is 5.26 Å². The number of thioether (sulfide) groups is 1. The van der Waals surface area contributed by atoms with Crippen molar-refractivity contribution in [2.75, 3.05) is 0 Å². The molecule has 1 fully saturated rings. The van der Waals surface area contributed by atoms with Crippen LogP contribution >= 0.6 is 11.8 Å². The van der Waals surface area contributed by atoms with E-state index in [9.17, 15) is 14.9 Å². The second kappa shape index (κ2) is 8.36. The van der Waals surface area contributed by atoms with E-state index in [-0.39, 0.29) is 17.5 Å². The Hall–Kier alpha value is -2.33. The quantitative estimate of drug-likeness (QED) is 0.611. The van der Waals surface area contributed by atoms with Gasteiger partial charge in [0, 0.05) is 6.04 Å². The van der Waals surface area contributed by atoms with Gasteiger partial charge in [-0.1, -0.05) is 43.2 Å². The Bertz CT molecular complexity index is 971. The number of hydrogen-bond acceptors (Lipinski definition) is 5. The molecule has 0 spiro atoms. The molecular formula is C21H26N4O2S. The highest BCUT2D eigenvalue weighted by Gasteiger charge is 2.35. The first-order valence-corrected chi connectivity index (χ1v) is 10.7. The van der Waals surface area contributed by atoms with Gasteiger partial charge >= 0.3 is 0 Å². The molecule has 1 N–H and O–H groups in total. The first kappa shape index (κ1) is 20.4. The second-order valence-corrected chi connectivity index (χ2v) is 8.99. The van der Waals surface area contributed by atoms with E-state index >= 15 is 0 Å². The molecule has 148 valence electrons. The highest BCUT2D eigenvalue weighted by atomic mass is 32.2. The normalized spacial score (nSPS) is 17.2. The summed E-state index contributed by atoms with van der Waals surface area (Å²) < 4.78 is 1.64. The minimum absolute atomic E-state index is 0.0776. The molecule has 1 heterocycles. The highest BCUT2D eigenvalue weighted by Crippen LogP contribution is 2.29. The largest absolute Gasteiger partial charge is 0.337 e. The first-order valence-electron chi connectivity index (χ1n) is 9.78. The van der Waals surface area contributed by atoms with Crippen molar-refractivity contribution >= 4 is 28.6 Å². The Balaban J connectivity index is 1.87. The molecule has 1 atom stereocenters. The number of benzene rings is 1. The van der Waals surface area contributed by atoms with Crippen molar-refractivity contribution in [1.29, 1.82) is 5.26 Å². The van der Waals surface area contributed by atoms with Crippen LogP contribution in [0, 0.1) is 11.3 Å². The van der Waals surface area contributed by atoms with Crippen LogP contribution < -0.4 is 10.9 Å². The van der Waals surface area contributed by atoms with Crippen molar-refractivity contribution in [2.24, 2.45) is 0 Å². The van der Waals surface area contributed by atoms with Crippen LogP contribution in [0.5, 0.6) is 0 Å². The van der Waals surface area contributed by atoms with Gasteiger partial charge < -0.3 is 5.32 Å². The predicted molar refractivity (Wildman–Crippen MR) is 111 cm³/mol. The van der Waals surface area contributed by atoms with E-state index in [0.29, 0.717) is 28.9 Å². The summed E-state index contributed by atoms with van der Waals surface area (Å²) in [4.78, 5) is 30.4. The molecule has 0 saturated heterocycles. The van der Waals surface area contributed by atoms with E-state index in [1.165, 1.54) is 11.8 Å². The minimum Gasteiger partial charge on any atom is -0.337 e. The molecular weight excluding hydrogens is 372 g/mol. The van der Waals surface area contributed by atoms with E-state index in [1.54, 1.807) is 17.6 Å². The number of fused-ring (bicyclic) bond motifs is 1. The Morgan fingerprint density at radius 1 is 1.25 bits per heavy atom. The summed E-state index contributed by atoms with van der Waals surface area (Å²) in [5.74, 6) is -0.189. The van der Waals surface area contributed by atoms with Crippen molar-refractivity contribution in [3.05, 3.63) is 34.6 Å². The molecule has 0 unspecified atom stereocenters. The van der Waals surface area contributed by atoms with Crippen LogP contribution in [0.3, 0.4) is 0 Å². The molecule has 6 nitrogen and oxygen atoms in total. The lowest BCUT2D eigenvalue weighted by molar-refractivity contribution is -0.121. The van der Waals surface area contributed by atoms with Crippen LogP contribution in [0.1, 0.15) is 58.9 Å². The first-order chi connectivity index (χ1) is 13.4. The number of para-hydroxylation sites is 1. The topological polar surface area (TPSA) is 87.8 Å². The second-order valence-electron chi connectivity index (χ2n) is 7.68. The molecule has 1 aliphatic carbocycles. The molecule has 0 bridgehead atoms. The average molecular weight is 399 g/mol. The molecule has 2 aromatic rings. The van der Waals surface area contributed by atoms with E-state index < -0.39 is 10.8 Å². The van der Waals surface area contributed by atoms with Crippen molar-refractivity contribution in [1.82, 2.24) is 14.9 Å². The van der Waals surface area contributed by atoms with Crippen LogP contribution in [0.2, 0.25) is 0 Å². The fourth-order valence-electron chi connectivity index (χ4n) is 3.63. The van der Waals surface area contributed by atoms with Crippen molar-refractivity contribution < 1.29 is 4.79 Å². The van der Waals surface area contributed by atoms with Crippen LogP contribution in [-0.4, -0.2) is 26.2 Å². The Kier molecular flexibility index (Phi) is 6.09. The van der Waals surface area contributed by atoms with Crippen molar-refractivity contribution in [2.45, 2.75) is 74.9 Å². The van der Waals surface area contributed by atoms with Gasteiger partial charge in [0.05, 0.1) is 22.2 Å². The number of carbonyl (C=O) groups is 1. The maximum absolute atomic E-state index is 12.9. The number of nitrogens with zero attached hydrogens (tertiary/aromatic N) is 3. The molecule has 7 heteroatoms. The third-order valence-corrected chi connectivity index (χ3v) is 6.29. The third kappa shape index (κ3) is 4.07. The lowest BCUT2D eigenvalue weighted by Gasteiger charge is -2.32. The van der Waals surface area contributed by atoms with Crippen LogP contribution in [0.15, 0.2) is 34.2 Å². The van der Waals surface area contributed by atoms with E-state index in [4.69, 9.17) is 0 Å². The number of amides is 1. The fraction of sp³-hybridized carbons (Fsp3) is 0.524. The number of aromatic nitrogens is 2. The van der Waals surface area contributed by atoms with Gasteiger partial charge in [-0.15, -0.1) is 0 Å². The molecule has 28 heavy (non-hydrogen) atoms. The predicted octanol–water partition coefficient (Wildman–Crippen LogP) is 3.80. The molecule has 1 aromatic heterocycles. The van der Waals surface area contributed by atoms with E-state index in [2.05, 4.69) is 16.4 Å². The Labute approximate surface area is 169 Å². The summed E-state index contributed by atoms with van der Waals surface area (Å²) in [7, 11) is 0. The van der Waals surface area contributed by atoms with Gasteiger partial charge in [0.1, 0.15) is 5.54 Å². The number of nitriles is 1. The summed E-state index contributed by atoms with van der Waals surface area (Å²) in [6, 6.07) is 9.49. The fourth-order valence-corrected chi connectivity index (χ4v) is 4.67. The van der Waals surface area contributed by atoms with Crippen LogP contribution in [0.25, 0.3) is 10.9 Å². The third-order valence-electron chi connectivity index (χ3n) is 5.23. The Morgan fingerprint density at radius 2 is 1.93 bits per heavy atom. The molecule has 1 amide bonds. The van der Waals surface area contributed by atoms with Crippen LogP contribution in [-0.2, 0) is 4.79 Å². The smallest absolute Gasteiger partial charge is 0.262 e. The maximum atomic E-state index is 12.9. The Morgan fingerprint density at radius 3 is 2.57 bits per heavy atom. The van der Waals surface area contributed by atoms with Gasteiger partial charge in [-0.05, 0) is 45.7 Å². The van der Waals surface area contributed by atoms with Gasteiger partial charge in [0.2, 0.25) is 5.91 Å². The number of nitrogens with one attached hydrogen (secondary N) is 1. The maximum Gasteiger partial charge on any atom is 0.262 e. The molecule has 0 aliphatic heterocycles. The summed E-state index contributed by atoms with van der Waals surface area (Å²) in [5.41, 5.74) is -0.240. The van der Waals surface area contributed by atoms with Gasteiger partial charge in [-0.25, -0.2) is 4.98 Å². The summed E-state index contributed by atoms with van der Waals surface area (Å²) in [5, 5.41) is 13.2. The molecule has 0 radical (unpaired) electrons. The van der Waals surface area contributed by atoms with Gasteiger partial charge in [0.25, 0.3) is 5.56 Å². The minimum atomic E-state index is -0.765. The lowest BCUT2D eigenvalue weighted by atomic mass is 9.83. The van der Waals surface area contributed by atoms with Crippen LogP contribution in [0.4, 0.5) is 0 Å². The molecule has 3 rings (SSSR count). The number of carbonyl (C=O) groups excluding carboxylic acids is 1. The number of rotatable bonds is 5. The standard InChI is InChI=1S/C21H26N4O2S/c1-14(2)25-19(27)16-9-5-6-10-17(16)23-20(25)28-15(3)18(26)24-21(13-22)11-7-4-8-12-21/h5-6,9-10,14-15H,4,7-8,11-12H2,1-3H3,(H,24,26)/t15-/m0/s1. The monoisotopic (exact) mass is 398 g/mol. The molecule has 1 aromatic carbocycles. The van der Waals surface area contributed by atoms with Crippen molar-refractivity contribution in [3.63, 3.8) is 0 Å². The number of hydrogen-bond donors (Lipinski definition) is 1. The average Bonchev–Trinajstić information content (AvgIpc) is 2.68. The summed E-state index contributed by atoms with van der Waals surface area (Å²) in [6.45, 7) is 5.65. The summed E-state index contributed by atoms with van der Waals surface area (Å²) in [6.07, 6.45) is 4.39. The lowest BCUT2D eigenvalue weighted by Crippen LogP contribution is -2.51. The zero-order valence-corrected chi connectivity index (χ0v) is 17.4. The zero-order chi connectivity index (χ0) is 20.3. The zero-order valence-electron chi connectivity index (χ0n) is 16.6. The molecule has 1 saturated carbocycles. The molecule has 1 aliphatic rings. The highest BCUT2D eigenvalue weighted by molar-refractivity contribution is 8.00. The van der Waals surface area contributed by atoms with Crippen molar-refractivity contribution in [3.8, 4) is 6.07 Å². The SMILES string of the molecule is CC(C)n1c(S[C@@H](C)C(=O)NC2(C#N)CCCCC2)nc2ccccc2c1=O. The van der Waals surface area contributed by atoms with Gasteiger partial charge in [0.15, 0.2) is 5.16 Å². The summed E-state index contributed by atoms with van der Waals surface area (Å²) >= 11 is 1.26. The van der Waals surface area contributed by atoms with E-state index in [0.717, 1.165) is 19.3 Å². The van der Waals surface area contributed by atoms with E-state index in [1.807, 2.05) is 32.0 Å². The van der Waals surface area contributed by atoms with Gasteiger partial charge in [-0.3, -0.25) is 14.2 Å².